The van der Waals surface area contributed by atoms with Crippen LogP contribution in [0.5, 0.6) is 0 Å². The van der Waals surface area contributed by atoms with Crippen LogP contribution >= 0.6 is 31.9 Å². The van der Waals surface area contributed by atoms with Gasteiger partial charge in [0.05, 0.1) is 5.56 Å². The minimum atomic E-state index is -0.433. The van der Waals surface area contributed by atoms with Gasteiger partial charge in [0.15, 0.2) is 0 Å². The number of aryl methyl sites for hydroxylation is 1. The third-order valence-corrected chi connectivity index (χ3v) is 4.17. The van der Waals surface area contributed by atoms with E-state index in [0.29, 0.717) is 10.0 Å². The summed E-state index contributed by atoms with van der Waals surface area (Å²) in [6, 6.07) is 9.73. The molecule has 0 spiro atoms. The first-order valence-corrected chi connectivity index (χ1v) is 7.48. The highest BCUT2D eigenvalue weighted by Gasteiger charge is 2.18. The van der Waals surface area contributed by atoms with Crippen molar-refractivity contribution in [3.05, 3.63) is 62.3 Å². The molecule has 0 saturated heterocycles. The molecule has 0 saturated carbocycles. The van der Waals surface area contributed by atoms with Crippen LogP contribution in [-0.2, 0) is 0 Å². The summed E-state index contributed by atoms with van der Waals surface area (Å²) in [6.45, 7) is 1.92. The quantitative estimate of drug-likeness (QED) is 0.699. The van der Waals surface area contributed by atoms with Gasteiger partial charge in [0.25, 0.3) is 5.91 Å². The molecule has 104 valence electrons. The van der Waals surface area contributed by atoms with Gasteiger partial charge in [0, 0.05) is 21.7 Å². The smallest absolute Gasteiger partial charge is 0.259 e. The van der Waals surface area contributed by atoms with E-state index in [1.807, 2.05) is 25.1 Å². The zero-order chi connectivity index (χ0) is 14.9. The Morgan fingerprint density at radius 2 is 1.85 bits per heavy atom. The molecule has 0 fully saturated rings. The van der Waals surface area contributed by atoms with Crippen molar-refractivity contribution in [2.75, 3.05) is 11.9 Å². The summed E-state index contributed by atoms with van der Waals surface area (Å²) in [7, 11) is 1.68. The van der Waals surface area contributed by atoms with Gasteiger partial charge in [-0.3, -0.25) is 4.79 Å². The van der Waals surface area contributed by atoms with Crippen LogP contribution in [0.4, 0.5) is 10.1 Å². The minimum absolute atomic E-state index is 0.262. The Morgan fingerprint density at radius 3 is 2.50 bits per heavy atom. The summed E-state index contributed by atoms with van der Waals surface area (Å²) >= 11 is 6.67. The molecule has 2 nitrogen and oxygen atoms in total. The third-order valence-electron chi connectivity index (χ3n) is 2.98. The van der Waals surface area contributed by atoms with Gasteiger partial charge in [-0.15, -0.1) is 0 Å². The second-order valence-electron chi connectivity index (χ2n) is 4.42. The predicted molar refractivity (Wildman–Crippen MR) is 85.7 cm³/mol. The molecule has 0 bridgehead atoms. The number of rotatable bonds is 2. The first-order chi connectivity index (χ1) is 9.40. The summed E-state index contributed by atoms with van der Waals surface area (Å²) in [4.78, 5) is 14.0. The standard InChI is InChI=1S/C15H12Br2FNO/c1-9-7-10(16)3-6-14(9)19(2)15(20)12-8-11(18)4-5-13(12)17/h3-8H,1-2H3. The topological polar surface area (TPSA) is 20.3 Å². The zero-order valence-corrected chi connectivity index (χ0v) is 14.1. The summed E-state index contributed by atoms with van der Waals surface area (Å²) in [6.07, 6.45) is 0. The van der Waals surface area contributed by atoms with Gasteiger partial charge in [-0.1, -0.05) is 15.9 Å². The van der Waals surface area contributed by atoms with E-state index in [9.17, 15) is 9.18 Å². The van der Waals surface area contributed by atoms with E-state index in [1.165, 1.54) is 23.1 Å². The maximum atomic E-state index is 13.3. The molecule has 2 aromatic rings. The molecule has 0 heterocycles. The van der Waals surface area contributed by atoms with E-state index in [-0.39, 0.29) is 5.91 Å². The van der Waals surface area contributed by atoms with Crippen LogP contribution < -0.4 is 4.90 Å². The number of halogens is 3. The lowest BCUT2D eigenvalue weighted by atomic mass is 10.1. The summed E-state index contributed by atoms with van der Waals surface area (Å²) < 4.78 is 14.8. The summed E-state index contributed by atoms with van der Waals surface area (Å²) in [5.74, 6) is -0.695. The Labute approximate surface area is 133 Å². The van der Waals surface area contributed by atoms with E-state index in [2.05, 4.69) is 31.9 Å². The monoisotopic (exact) mass is 399 g/mol. The molecule has 2 aromatic carbocycles. The molecule has 1 amide bonds. The molecule has 0 N–H and O–H groups in total. The van der Waals surface area contributed by atoms with E-state index in [4.69, 9.17) is 0 Å². The van der Waals surface area contributed by atoms with Gasteiger partial charge in [0.1, 0.15) is 5.82 Å². The number of hydrogen-bond donors (Lipinski definition) is 0. The van der Waals surface area contributed by atoms with Gasteiger partial charge < -0.3 is 4.90 Å². The highest BCUT2D eigenvalue weighted by Crippen LogP contribution is 2.26. The van der Waals surface area contributed by atoms with Gasteiger partial charge >= 0.3 is 0 Å². The second-order valence-corrected chi connectivity index (χ2v) is 6.19. The van der Waals surface area contributed by atoms with Crippen molar-refractivity contribution in [1.82, 2.24) is 0 Å². The Morgan fingerprint density at radius 1 is 1.15 bits per heavy atom. The number of nitrogens with zero attached hydrogens (tertiary/aromatic N) is 1. The molecular formula is C15H12Br2FNO. The molecule has 0 aliphatic heterocycles. The Bertz CT molecular complexity index is 673. The van der Waals surface area contributed by atoms with Crippen LogP contribution in [0, 0.1) is 12.7 Å². The molecule has 20 heavy (non-hydrogen) atoms. The molecule has 2 rings (SSSR count). The minimum Gasteiger partial charge on any atom is -0.311 e. The van der Waals surface area contributed by atoms with E-state index in [0.717, 1.165) is 15.7 Å². The zero-order valence-electron chi connectivity index (χ0n) is 11.0. The fraction of sp³-hybridized carbons (Fsp3) is 0.133. The van der Waals surface area contributed by atoms with Gasteiger partial charge in [0.2, 0.25) is 0 Å². The highest BCUT2D eigenvalue weighted by molar-refractivity contribution is 9.10. The maximum absolute atomic E-state index is 13.3. The van der Waals surface area contributed by atoms with Crippen LogP contribution in [-0.4, -0.2) is 13.0 Å². The Kier molecular flexibility index (Phi) is 4.60. The van der Waals surface area contributed by atoms with Crippen LogP contribution in [0.3, 0.4) is 0 Å². The Balaban J connectivity index is 2.40. The number of carbonyl (C=O) groups excluding carboxylic acids is 1. The lowest BCUT2D eigenvalue weighted by molar-refractivity contribution is 0.0991. The highest BCUT2D eigenvalue weighted by atomic mass is 79.9. The largest absolute Gasteiger partial charge is 0.311 e. The van der Waals surface area contributed by atoms with Crippen molar-refractivity contribution in [2.24, 2.45) is 0 Å². The molecule has 0 aliphatic carbocycles. The average molecular weight is 401 g/mol. The molecule has 0 atom stereocenters. The van der Waals surface area contributed by atoms with Crippen molar-refractivity contribution < 1.29 is 9.18 Å². The number of anilines is 1. The molecular weight excluding hydrogens is 389 g/mol. The second kappa shape index (κ2) is 6.06. The van der Waals surface area contributed by atoms with E-state index >= 15 is 0 Å². The fourth-order valence-corrected chi connectivity index (χ4v) is 2.84. The predicted octanol–water partition coefficient (Wildman–Crippen LogP) is 4.94. The number of amides is 1. The van der Waals surface area contributed by atoms with Gasteiger partial charge in [-0.2, -0.15) is 0 Å². The SMILES string of the molecule is Cc1cc(Br)ccc1N(C)C(=O)c1cc(F)ccc1Br. The lowest BCUT2D eigenvalue weighted by Gasteiger charge is -2.20. The van der Waals surface area contributed by atoms with Crippen molar-refractivity contribution in [3.8, 4) is 0 Å². The van der Waals surface area contributed by atoms with Gasteiger partial charge in [-0.25, -0.2) is 4.39 Å². The van der Waals surface area contributed by atoms with Crippen LogP contribution in [0.1, 0.15) is 15.9 Å². The van der Waals surface area contributed by atoms with Crippen molar-refractivity contribution >= 4 is 43.5 Å². The first kappa shape index (κ1) is 15.2. The normalized spacial score (nSPS) is 10.4. The number of hydrogen-bond acceptors (Lipinski definition) is 1. The summed E-state index contributed by atoms with van der Waals surface area (Å²) in [5.41, 5.74) is 2.05. The average Bonchev–Trinajstić information content (AvgIpc) is 2.40. The fourth-order valence-electron chi connectivity index (χ4n) is 1.95. The lowest BCUT2D eigenvalue weighted by Crippen LogP contribution is -2.27. The van der Waals surface area contributed by atoms with Crippen LogP contribution in [0.2, 0.25) is 0 Å². The summed E-state index contributed by atoms with van der Waals surface area (Å²) in [5, 5.41) is 0. The van der Waals surface area contributed by atoms with Crippen molar-refractivity contribution in [2.45, 2.75) is 6.92 Å². The molecule has 0 aliphatic rings. The first-order valence-electron chi connectivity index (χ1n) is 5.89. The Hall–Kier alpha value is -1.20. The van der Waals surface area contributed by atoms with E-state index < -0.39 is 5.82 Å². The third kappa shape index (κ3) is 3.10. The van der Waals surface area contributed by atoms with E-state index in [1.54, 1.807) is 7.05 Å². The molecule has 5 heteroatoms. The van der Waals surface area contributed by atoms with Gasteiger partial charge in [-0.05, 0) is 64.8 Å². The molecule has 0 radical (unpaired) electrons. The van der Waals surface area contributed by atoms with Crippen molar-refractivity contribution in [3.63, 3.8) is 0 Å². The van der Waals surface area contributed by atoms with Crippen molar-refractivity contribution in [1.29, 1.82) is 0 Å². The molecule has 0 unspecified atom stereocenters. The van der Waals surface area contributed by atoms with Crippen LogP contribution in [0.15, 0.2) is 45.3 Å². The molecule has 0 aromatic heterocycles. The van der Waals surface area contributed by atoms with Crippen LogP contribution in [0.25, 0.3) is 0 Å². The maximum Gasteiger partial charge on any atom is 0.259 e. The number of carbonyl (C=O) groups is 1. The number of benzene rings is 2.